The van der Waals surface area contributed by atoms with E-state index in [1.807, 2.05) is 61.5 Å². The lowest BCUT2D eigenvalue weighted by molar-refractivity contribution is -0.645. The smallest absolute Gasteiger partial charge is 0.408 e. The lowest BCUT2D eigenvalue weighted by atomic mass is 9.91. The zero-order chi connectivity index (χ0) is 33.6. The molecule has 2 aliphatic rings. The van der Waals surface area contributed by atoms with Crippen molar-refractivity contribution >= 4 is 35.4 Å². The number of amides is 3. The fraction of sp³-hybridized carbons (Fsp3) is 0.278. The molecular formula is C36H35N3O8S. The van der Waals surface area contributed by atoms with Gasteiger partial charge in [0.25, 0.3) is 10.9 Å². The zero-order valence-corrected chi connectivity index (χ0v) is 27.0. The number of nitrogens with zero attached hydrogens (tertiary/aromatic N) is 2. The summed E-state index contributed by atoms with van der Waals surface area (Å²) in [6.45, 7) is 1.98. The number of alkyl carbamates (subject to hydrolysis) is 1. The number of thioether (sulfide) groups is 1. The lowest BCUT2D eigenvalue weighted by Crippen LogP contribution is -2.42. The average Bonchev–Trinajstić information content (AvgIpc) is 3.39. The minimum absolute atomic E-state index is 0.0294. The van der Waals surface area contributed by atoms with Crippen molar-refractivity contribution in [2.75, 3.05) is 10.7 Å². The number of carbonyl (C=O) groups excluding carboxylic acids is 3. The van der Waals surface area contributed by atoms with E-state index >= 15 is 0 Å². The molecule has 11 nitrogen and oxygen atoms in total. The number of nitrogens with one attached hydrogen (secondary N) is 1. The largest absolute Gasteiger partial charge is 0.618 e. The van der Waals surface area contributed by atoms with Crippen LogP contribution >= 0.6 is 11.8 Å². The second-order valence-corrected chi connectivity index (χ2v) is 12.7. The highest BCUT2D eigenvalue weighted by atomic mass is 32.2. The van der Waals surface area contributed by atoms with Gasteiger partial charge in [0, 0.05) is 29.4 Å². The van der Waals surface area contributed by atoms with Crippen LogP contribution in [0.1, 0.15) is 48.0 Å². The van der Waals surface area contributed by atoms with E-state index in [0.29, 0.717) is 22.0 Å². The van der Waals surface area contributed by atoms with E-state index in [1.165, 1.54) is 18.0 Å². The second kappa shape index (κ2) is 15.0. The van der Waals surface area contributed by atoms with Gasteiger partial charge in [0.05, 0.1) is 30.9 Å². The third-order valence-electron chi connectivity index (χ3n) is 8.36. The number of carbonyl (C=O) groups is 3. The molecule has 0 radical (unpaired) electrons. The Labute approximate surface area is 282 Å². The van der Waals surface area contributed by atoms with E-state index in [0.717, 1.165) is 26.3 Å². The second-order valence-electron chi connectivity index (χ2n) is 11.6. The van der Waals surface area contributed by atoms with Gasteiger partial charge in [-0.25, -0.2) is 9.69 Å². The van der Waals surface area contributed by atoms with Crippen molar-refractivity contribution in [3.05, 3.63) is 131 Å². The fourth-order valence-corrected chi connectivity index (χ4v) is 6.82. The number of aliphatic hydroxyl groups is 1. The van der Waals surface area contributed by atoms with Gasteiger partial charge < -0.3 is 29.8 Å². The van der Waals surface area contributed by atoms with Crippen LogP contribution in [0, 0.1) is 11.1 Å². The van der Waals surface area contributed by atoms with Gasteiger partial charge in [0.1, 0.15) is 12.6 Å². The molecule has 0 aliphatic carbocycles. The maximum absolute atomic E-state index is 13.4. The molecule has 0 spiro atoms. The molecule has 2 N–H and O–H groups in total. The normalized spacial score (nSPS) is 22.5. The van der Waals surface area contributed by atoms with Gasteiger partial charge >= 0.3 is 6.09 Å². The molecule has 3 heterocycles. The molecule has 5 unspecified atom stereocenters. The summed E-state index contributed by atoms with van der Waals surface area (Å²) in [5.41, 5.74) is 3.37. The molecule has 3 aromatic carbocycles. The lowest BCUT2D eigenvalue weighted by Gasteiger charge is -2.41. The van der Waals surface area contributed by atoms with Gasteiger partial charge in [-0.1, -0.05) is 85.4 Å². The summed E-state index contributed by atoms with van der Waals surface area (Å²) < 4.78 is 19.1. The van der Waals surface area contributed by atoms with E-state index in [2.05, 4.69) is 5.32 Å². The Balaban J connectivity index is 1.19. The predicted molar refractivity (Wildman–Crippen MR) is 176 cm³/mol. The van der Waals surface area contributed by atoms with Gasteiger partial charge in [-0.15, -0.1) is 0 Å². The molecule has 2 saturated heterocycles. The number of hydrogen-bond acceptors (Lipinski definition) is 9. The Bertz CT molecular complexity index is 1760. The van der Waals surface area contributed by atoms with Crippen molar-refractivity contribution < 1.29 is 38.4 Å². The molecule has 5 atom stereocenters. The Hall–Kier alpha value is -4.75. The quantitative estimate of drug-likeness (QED) is 0.104. The number of pyridine rings is 1. The summed E-state index contributed by atoms with van der Waals surface area (Å²) in [6, 6.07) is 27.6. The maximum Gasteiger partial charge on any atom is 0.408 e. The minimum atomic E-state index is -1.07. The molecule has 3 amide bonds. The highest BCUT2D eigenvalue weighted by molar-refractivity contribution is 7.99. The first-order valence-corrected chi connectivity index (χ1v) is 16.5. The van der Waals surface area contributed by atoms with Crippen LogP contribution in [0.3, 0.4) is 0 Å². The third-order valence-corrected chi connectivity index (χ3v) is 9.47. The molecule has 6 rings (SSSR count). The van der Waals surface area contributed by atoms with Gasteiger partial charge in [-0.2, -0.15) is 4.73 Å². The molecule has 248 valence electrons. The van der Waals surface area contributed by atoms with Gasteiger partial charge in [0.15, 0.2) is 12.5 Å². The summed E-state index contributed by atoms with van der Waals surface area (Å²) in [5.74, 6) is -0.682. The number of imide groups is 1. The number of aromatic nitrogens is 1. The van der Waals surface area contributed by atoms with Crippen LogP contribution in [-0.2, 0) is 37.0 Å². The third kappa shape index (κ3) is 7.52. The highest BCUT2D eigenvalue weighted by Gasteiger charge is 2.42. The summed E-state index contributed by atoms with van der Waals surface area (Å²) in [6.07, 6.45) is -1.15. The minimum Gasteiger partial charge on any atom is -0.618 e. The van der Waals surface area contributed by atoms with Crippen molar-refractivity contribution in [2.24, 2.45) is 5.92 Å². The van der Waals surface area contributed by atoms with Crippen LogP contribution in [-0.4, -0.2) is 40.9 Å². The first-order chi connectivity index (χ1) is 23.3. The van der Waals surface area contributed by atoms with Crippen molar-refractivity contribution in [1.29, 1.82) is 0 Å². The van der Waals surface area contributed by atoms with Gasteiger partial charge in [-0.05, 0) is 34.9 Å². The molecule has 12 heteroatoms. The van der Waals surface area contributed by atoms with Crippen LogP contribution in [0.25, 0.3) is 0 Å². The maximum atomic E-state index is 13.4. The molecule has 2 aliphatic heterocycles. The summed E-state index contributed by atoms with van der Waals surface area (Å²) >= 11 is 1.38. The Morgan fingerprint density at radius 3 is 2.50 bits per heavy atom. The number of aliphatic hydroxyl groups excluding tert-OH is 1. The number of rotatable bonds is 10. The Kier molecular flexibility index (Phi) is 10.4. The number of hydrogen-bond donors (Lipinski definition) is 2. The Morgan fingerprint density at radius 2 is 1.75 bits per heavy atom. The number of anilines is 1. The number of ether oxygens (including phenoxy) is 3. The summed E-state index contributed by atoms with van der Waals surface area (Å²) in [5, 5.41) is 24.9. The molecule has 4 aromatic rings. The predicted octanol–water partition coefficient (Wildman–Crippen LogP) is 4.95. The van der Waals surface area contributed by atoms with Crippen molar-refractivity contribution in [1.82, 2.24) is 5.32 Å². The molecule has 48 heavy (non-hydrogen) atoms. The molecule has 1 aromatic heterocycles. The van der Waals surface area contributed by atoms with Crippen LogP contribution in [0.2, 0.25) is 0 Å². The van der Waals surface area contributed by atoms with Gasteiger partial charge in [-0.3, -0.25) is 9.59 Å². The molecule has 2 fully saturated rings. The zero-order valence-electron chi connectivity index (χ0n) is 26.1. The fourth-order valence-electron chi connectivity index (χ4n) is 5.74. The van der Waals surface area contributed by atoms with Gasteiger partial charge in [0.2, 0.25) is 5.91 Å². The molecule has 0 bridgehead atoms. The standard InChI is InChI=1S/C36H35N3O8S/c1-23-30(22-48-32-12-5-6-17-38(32)44)46-35(47-33(23)26-15-13-24(20-40)14-16-26)27-10-7-11-28(18-27)39-31(41)19-29(34(39)42)37-36(43)45-21-25-8-3-2-4-9-25/h2-18,23,29-30,33,35,40H,19-22H2,1H3,(H,37,43). The van der Waals surface area contributed by atoms with E-state index in [9.17, 15) is 24.7 Å². The topological polar surface area (TPSA) is 141 Å². The van der Waals surface area contributed by atoms with E-state index in [-0.39, 0.29) is 31.7 Å². The van der Waals surface area contributed by atoms with Crippen molar-refractivity contribution in [3.8, 4) is 0 Å². The molecular weight excluding hydrogens is 634 g/mol. The van der Waals surface area contributed by atoms with E-state index < -0.39 is 36.3 Å². The Morgan fingerprint density at radius 1 is 0.979 bits per heavy atom. The van der Waals surface area contributed by atoms with Crippen LogP contribution in [0.5, 0.6) is 0 Å². The van der Waals surface area contributed by atoms with Crippen LogP contribution < -0.4 is 14.9 Å². The highest BCUT2D eigenvalue weighted by Crippen LogP contribution is 2.43. The monoisotopic (exact) mass is 669 g/mol. The first kappa shape index (κ1) is 33.2. The molecule has 0 saturated carbocycles. The van der Waals surface area contributed by atoms with Crippen LogP contribution in [0.4, 0.5) is 10.5 Å². The van der Waals surface area contributed by atoms with E-state index in [1.54, 1.807) is 42.5 Å². The summed E-state index contributed by atoms with van der Waals surface area (Å²) in [7, 11) is 0. The van der Waals surface area contributed by atoms with Crippen molar-refractivity contribution in [2.45, 2.75) is 56.1 Å². The van der Waals surface area contributed by atoms with E-state index in [4.69, 9.17) is 14.2 Å². The summed E-state index contributed by atoms with van der Waals surface area (Å²) in [4.78, 5) is 40.0. The SMILES string of the molecule is CC1C(CSc2cccc[n+]2[O-])OC(c2cccc(N3C(=O)CC(NC(=O)OCc4ccccc4)C3=O)c2)OC1c1ccc(CO)cc1. The average molecular weight is 670 g/mol. The number of benzene rings is 3. The van der Waals surface area contributed by atoms with Crippen LogP contribution in [0.15, 0.2) is 108 Å². The first-order valence-electron chi connectivity index (χ1n) is 15.6. The van der Waals surface area contributed by atoms with Crippen molar-refractivity contribution in [3.63, 3.8) is 0 Å².